The predicted octanol–water partition coefficient (Wildman–Crippen LogP) is 3.62. The van der Waals surface area contributed by atoms with Gasteiger partial charge < -0.3 is 5.73 Å². The summed E-state index contributed by atoms with van der Waals surface area (Å²) in [5.41, 5.74) is 14.5. The standard InChI is InChI=1S/C19H20N4/c1-12-6-9-17(10-13(12)2)23-19(20)18(21-22-23)16-8-7-14-4-3-5-15(14)11-16/h6-11H,3-5,20H2,1-2H3. The molecule has 1 aromatic heterocycles. The molecule has 116 valence electrons. The first-order valence-corrected chi connectivity index (χ1v) is 8.04. The number of nitrogens with zero attached hydrogens (tertiary/aromatic N) is 3. The molecule has 3 aromatic rings. The summed E-state index contributed by atoms with van der Waals surface area (Å²) >= 11 is 0. The van der Waals surface area contributed by atoms with Gasteiger partial charge in [0.2, 0.25) is 0 Å². The number of aromatic nitrogens is 3. The van der Waals surface area contributed by atoms with Crippen LogP contribution in [0.15, 0.2) is 36.4 Å². The number of anilines is 1. The van der Waals surface area contributed by atoms with Gasteiger partial charge in [0.05, 0.1) is 5.69 Å². The lowest BCUT2D eigenvalue weighted by Crippen LogP contribution is -2.03. The third kappa shape index (κ3) is 2.31. The molecule has 0 atom stereocenters. The van der Waals surface area contributed by atoms with Crippen LogP contribution in [0.4, 0.5) is 5.82 Å². The maximum Gasteiger partial charge on any atom is 0.155 e. The smallest absolute Gasteiger partial charge is 0.155 e. The van der Waals surface area contributed by atoms with Crippen LogP contribution < -0.4 is 5.73 Å². The summed E-state index contributed by atoms with van der Waals surface area (Å²) in [6.45, 7) is 4.19. The second-order valence-corrected chi connectivity index (χ2v) is 6.34. The van der Waals surface area contributed by atoms with Gasteiger partial charge in [0.15, 0.2) is 5.82 Å². The zero-order valence-corrected chi connectivity index (χ0v) is 13.5. The normalized spacial score (nSPS) is 13.3. The molecule has 0 spiro atoms. The van der Waals surface area contributed by atoms with Gasteiger partial charge >= 0.3 is 0 Å². The molecule has 0 radical (unpaired) electrons. The van der Waals surface area contributed by atoms with Crippen LogP contribution in [-0.2, 0) is 12.8 Å². The van der Waals surface area contributed by atoms with Crippen LogP contribution in [0.25, 0.3) is 16.9 Å². The molecule has 1 aliphatic carbocycles. The molecule has 0 fully saturated rings. The van der Waals surface area contributed by atoms with Crippen molar-refractivity contribution in [3.63, 3.8) is 0 Å². The van der Waals surface area contributed by atoms with Crippen LogP contribution in [0, 0.1) is 13.8 Å². The number of benzene rings is 2. The molecule has 1 aliphatic rings. The Bertz CT molecular complexity index is 892. The van der Waals surface area contributed by atoms with Gasteiger partial charge in [-0.1, -0.05) is 23.4 Å². The molecule has 4 nitrogen and oxygen atoms in total. The molecule has 0 saturated carbocycles. The maximum absolute atomic E-state index is 6.34. The lowest BCUT2D eigenvalue weighted by atomic mass is 10.0. The average molecular weight is 304 g/mol. The van der Waals surface area contributed by atoms with Gasteiger partial charge in [-0.15, -0.1) is 5.10 Å². The number of fused-ring (bicyclic) bond motifs is 1. The molecule has 0 bridgehead atoms. The summed E-state index contributed by atoms with van der Waals surface area (Å²) in [4.78, 5) is 0. The zero-order chi connectivity index (χ0) is 16.0. The van der Waals surface area contributed by atoms with Crippen molar-refractivity contribution >= 4 is 5.82 Å². The molecule has 0 aliphatic heterocycles. The first-order chi connectivity index (χ1) is 11.1. The van der Waals surface area contributed by atoms with E-state index in [2.05, 4.69) is 54.5 Å². The zero-order valence-electron chi connectivity index (χ0n) is 13.5. The van der Waals surface area contributed by atoms with Crippen molar-refractivity contribution < 1.29 is 0 Å². The first kappa shape index (κ1) is 14.0. The summed E-state index contributed by atoms with van der Waals surface area (Å²) in [6, 6.07) is 12.7. The SMILES string of the molecule is Cc1ccc(-n2nnc(-c3ccc4c(c3)CCC4)c2N)cc1C. The van der Waals surface area contributed by atoms with Crippen molar-refractivity contribution in [3.05, 3.63) is 58.7 Å². The maximum atomic E-state index is 6.34. The highest BCUT2D eigenvalue weighted by molar-refractivity contribution is 5.72. The molecule has 1 heterocycles. The largest absolute Gasteiger partial charge is 0.382 e. The minimum Gasteiger partial charge on any atom is -0.382 e. The molecule has 0 unspecified atom stereocenters. The van der Waals surface area contributed by atoms with Crippen LogP contribution in [0.3, 0.4) is 0 Å². The number of nitrogen functional groups attached to an aromatic ring is 1. The number of hydrogen-bond acceptors (Lipinski definition) is 3. The minimum absolute atomic E-state index is 0.589. The van der Waals surface area contributed by atoms with Crippen LogP contribution in [0.1, 0.15) is 28.7 Å². The highest BCUT2D eigenvalue weighted by Gasteiger charge is 2.17. The van der Waals surface area contributed by atoms with E-state index < -0.39 is 0 Å². The summed E-state index contributed by atoms with van der Waals surface area (Å²) < 4.78 is 1.72. The van der Waals surface area contributed by atoms with E-state index in [9.17, 15) is 0 Å². The Labute approximate surface area is 135 Å². The summed E-state index contributed by atoms with van der Waals surface area (Å²) in [6.07, 6.45) is 3.57. The molecule has 2 N–H and O–H groups in total. The van der Waals surface area contributed by atoms with Gasteiger partial charge in [0, 0.05) is 5.56 Å². The fourth-order valence-electron chi connectivity index (χ4n) is 3.26. The van der Waals surface area contributed by atoms with Gasteiger partial charge in [-0.2, -0.15) is 4.68 Å². The van der Waals surface area contributed by atoms with Crippen LogP contribution in [0.2, 0.25) is 0 Å². The number of aryl methyl sites for hydroxylation is 4. The Hall–Kier alpha value is -2.62. The quantitative estimate of drug-likeness (QED) is 0.786. The van der Waals surface area contributed by atoms with Gasteiger partial charge in [0.25, 0.3) is 0 Å². The van der Waals surface area contributed by atoms with Crippen LogP contribution in [-0.4, -0.2) is 15.0 Å². The van der Waals surface area contributed by atoms with Gasteiger partial charge in [-0.25, -0.2) is 0 Å². The summed E-state index contributed by atoms with van der Waals surface area (Å²) in [5.74, 6) is 0.589. The van der Waals surface area contributed by atoms with E-state index in [4.69, 9.17) is 5.73 Å². The Balaban J connectivity index is 1.77. The Morgan fingerprint density at radius 1 is 0.957 bits per heavy atom. The number of hydrogen-bond donors (Lipinski definition) is 1. The van der Waals surface area contributed by atoms with Crippen molar-refractivity contribution in [2.75, 3.05) is 5.73 Å². The molecular formula is C19H20N4. The molecule has 4 heteroatoms. The van der Waals surface area contributed by atoms with Crippen LogP contribution >= 0.6 is 0 Å². The van der Waals surface area contributed by atoms with E-state index in [0.717, 1.165) is 23.4 Å². The molecule has 0 saturated heterocycles. The second-order valence-electron chi connectivity index (χ2n) is 6.34. The van der Waals surface area contributed by atoms with E-state index in [1.807, 2.05) is 6.07 Å². The number of rotatable bonds is 2. The van der Waals surface area contributed by atoms with Gasteiger partial charge in [-0.3, -0.25) is 0 Å². The molecular weight excluding hydrogens is 284 g/mol. The fourth-order valence-corrected chi connectivity index (χ4v) is 3.26. The van der Waals surface area contributed by atoms with E-state index in [1.54, 1.807) is 4.68 Å². The summed E-state index contributed by atoms with van der Waals surface area (Å²) in [7, 11) is 0. The van der Waals surface area contributed by atoms with Crippen molar-refractivity contribution in [3.8, 4) is 16.9 Å². The van der Waals surface area contributed by atoms with E-state index >= 15 is 0 Å². The Morgan fingerprint density at radius 3 is 2.61 bits per heavy atom. The lowest BCUT2D eigenvalue weighted by Gasteiger charge is -2.07. The third-order valence-corrected chi connectivity index (χ3v) is 4.81. The van der Waals surface area contributed by atoms with E-state index in [0.29, 0.717) is 5.82 Å². The topological polar surface area (TPSA) is 56.7 Å². The van der Waals surface area contributed by atoms with Crippen LogP contribution in [0.5, 0.6) is 0 Å². The minimum atomic E-state index is 0.589. The van der Waals surface area contributed by atoms with E-state index in [1.165, 1.54) is 35.1 Å². The van der Waals surface area contributed by atoms with Crippen molar-refractivity contribution in [1.82, 2.24) is 15.0 Å². The van der Waals surface area contributed by atoms with Crippen molar-refractivity contribution in [2.24, 2.45) is 0 Å². The molecule has 23 heavy (non-hydrogen) atoms. The lowest BCUT2D eigenvalue weighted by molar-refractivity contribution is 0.809. The summed E-state index contributed by atoms with van der Waals surface area (Å²) in [5, 5.41) is 8.60. The van der Waals surface area contributed by atoms with Crippen molar-refractivity contribution in [1.29, 1.82) is 0 Å². The molecule has 2 aromatic carbocycles. The van der Waals surface area contributed by atoms with Gasteiger partial charge in [0.1, 0.15) is 5.69 Å². The predicted molar refractivity (Wildman–Crippen MR) is 92.7 cm³/mol. The Morgan fingerprint density at radius 2 is 1.78 bits per heavy atom. The monoisotopic (exact) mass is 304 g/mol. The first-order valence-electron chi connectivity index (χ1n) is 8.04. The average Bonchev–Trinajstić information content (AvgIpc) is 3.15. The number of nitrogens with two attached hydrogens (primary N) is 1. The third-order valence-electron chi connectivity index (χ3n) is 4.81. The Kier molecular flexibility index (Phi) is 3.18. The van der Waals surface area contributed by atoms with E-state index in [-0.39, 0.29) is 0 Å². The highest BCUT2D eigenvalue weighted by Crippen LogP contribution is 2.30. The fraction of sp³-hybridized carbons (Fsp3) is 0.263. The second kappa shape index (κ2) is 5.23. The highest BCUT2D eigenvalue weighted by atomic mass is 15.5. The van der Waals surface area contributed by atoms with Gasteiger partial charge in [-0.05, 0) is 73.6 Å². The van der Waals surface area contributed by atoms with Crippen molar-refractivity contribution in [2.45, 2.75) is 33.1 Å². The molecule has 0 amide bonds. The molecule has 4 rings (SSSR count).